The summed E-state index contributed by atoms with van der Waals surface area (Å²) in [6.45, 7) is 2.13. The summed E-state index contributed by atoms with van der Waals surface area (Å²) < 4.78 is 2.21. The number of nitrogens with zero attached hydrogens (tertiary/aromatic N) is 2. The fourth-order valence-electron chi connectivity index (χ4n) is 2.52. The van der Waals surface area contributed by atoms with Gasteiger partial charge >= 0.3 is 7.48 Å². The second-order valence-corrected chi connectivity index (χ2v) is 4.69. The fraction of sp³-hybridized carbons (Fsp3) is 0.267. The smallest absolute Gasteiger partial charge is 0.326 e. The Morgan fingerprint density at radius 2 is 1.95 bits per heavy atom. The third-order valence-corrected chi connectivity index (χ3v) is 3.47. The van der Waals surface area contributed by atoms with Gasteiger partial charge in [-0.05, 0) is 25.0 Å². The zero-order valence-electron chi connectivity index (χ0n) is 11.0. The van der Waals surface area contributed by atoms with Crippen molar-refractivity contribution in [1.82, 2.24) is 9.55 Å². The summed E-state index contributed by atoms with van der Waals surface area (Å²) in [4.78, 5) is 4.71. The summed E-state index contributed by atoms with van der Waals surface area (Å²) in [5.41, 5.74) is 1.91. The van der Waals surface area contributed by atoms with Gasteiger partial charge in [-0.25, -0.2) is 4.98 Å². The molecule has 0 atom stereocenters. The van der Waals surface area contributed by atoms with Gasteiger partial charge in [0.15, 0.2) is 0 Å². The molecule has 0 bridgehead atoms. The van der Waals surface area contributed by atoms with E-state index in [1.54, 1.807) is 0 Å². The maximum absolute atomic E-state index is 9.00. The number of hydrogen-bond donors (Lipinski definition) is 1. The predicted octanol–water partition coefficient (Wildman–Crippen LogP) is 0.0263. The van der Waals surface area contributed by atoms with Crippen LogP contribution in [0.3, 0.4) is 0 Å². The highest BCUT2D eigenvalue weighted by Crippen LogP contribution is 2.07. The number of imidazole rings is 1. The Balaban J connectivity index is 2.21. The SMILES string of the molecule is CCc1nc2c(n1-c1ccc([B]O)cc1)=CCCC=2. The van der Waals surface area contributed by atoms with Gasteiger partial charge in [-0.1, -0.05) is 36.7 Å². The van der Waals surface area contributed by atoms with E-state index in [0.29, 0.717) is 0 Å². The van der Waals surface area contributed by atoms with Crippen molar-refractivity contribution in [2.45, 2.75) is 26.2 Å². The van der Waals surface area contributed by atoms with Gasteiger partial charge in [0.2, 0.25) is 0 Å². The molecule has 0 spiro atoms. The van der Waals surface area contributed by atoms with Gasteiger partial charge in [-0.2, -0.15) is 0 Å². The van der Waals surface area contributed by atoms with Crippen molar-refractivity contribution in [3.63, 3.8) is 0 Å². The molecule has 1 aromatic heterocycles. The number of aryl methyl sites for hydroxylation is 1. The third-order valence-electron chi connectivity index (χ3n) is 3.47. The van der Waals surface area contributed by atoms with E-state index in [4.69, 9.17) is 10.0 Å². The highest BCUT2D eigenvalue weighted by Gasteiger charge is 2.10. The minimum atomic E-state index is 0.811. The normalized spacial score (nSPS) is 13.4. The lowest BCUT2D eigenvalue weighted by Gasteiger charge is -2.08. The van der Waals surface area contributed by atoms with E-state index in [0.717, 1.165) is 49.1 Å². The fourth-order valence-corrected chi connectivity index (χ4v) is 2.52. The lowest BCUT2D eigenvalue weighted by Crippen LogP contribution is -2.31. The van der Waals surface area contributed by atoms with E-state index in [1.165, 1.54) is 5.35 Å². The van der Waals surface area contributed by atoms with Gasteiger partial charge in [0.05, 0.1) is 10.7 Å². The maximum Gasteiger partial charge on any atom is 0.326 e. The topological polar surface area (TPSA) is 38.0 Å². The van der Waals surface area contributed by atoms with Gasteiger partial charge in [-0.15, -0.1) is 0 Å². The molecule has 19 heavy (non-hydrogen) atoms. The molecule has 1 aliphatic carbocycles. The lowest BCUT2D eigenvalue weighted by atomic mass is 9.89. The zero-order valence-corrected chi connectivity index (χ0v) is 11.0. The molecule has 1 N–H and O–H groups in total. The molecule has 0 saturated heterocycles. The van der Waals surface area contributed by atoms with Gasteiger partial charge in [0, 0.05) is 12.1 Å². The van der Waals surface area contributed by atoms with Crippen LogP contribution in [-0.4, -0.2) is 22.1 Å². The molecule has 4 heteroatoms. The van der Waals surface area contributed by atoms with E-state index in [2.05, 4.69) is 23.6 Å². The first kappa shape index (κ1) is 12.2. The van der Waals surface area contributed by atoms with Crippen LogP contribution in [0.2, 0.25) is 0 Å². The first-order valence-corrected chi connectivity index (χ1v) is 6.69. The molecule has 1 aromatic carbocycles. The van der Waals surface area contributed by atoms with E-state index in [-0.39, 0.29) is 0 Å². The quantitative estimate of drug-likeness (QED) is 0.781. The number of benzene rings is 1. The van der Waals surface area contributed by atoms with Crippen LogP contribution in [0.5, 0.6) is 0 Å². The Hall–Kier alpha value is -1.81. The largest absolute Gasteiger partial charge is 0.450 e. The summed E-state index contributed by atoms with van der Waals surface area (Å²) in [7, 11) is 1.12. The molecule has 0 aliphatic heterocycles. The Morgan fingerprint density at radius 1 is 1.21 bits per heavy atom. The van der Waals surface area contributed by atoms with Gasteiger partial charge in [0.1, 0.15) is 5.82 Å². The zero-order chi connectivity index (χ0) is 13.2. The Morgan fingerprint density at radius 3 is 2.63 bits per heavy atom. The minimum Gasteiger partial charge on any atom is -0.450 e. The van der Waals surface area contributed by atoms with Crippen LogP contribution in [0.25, 0.3) is 17.8 Å². The van der Waals surface area contributed by atoms with E-state index in [1.807, 2.05) is 24.3 Å². The molecular formula is C15H16BN2O. The molecule has 1 radical (unpaired) electrons. The maximum atomic E-state index is 9.00. The molecule has 1 heterocycles. The molecule has 2 aromatic rings. The van der Waals surface area contributed by atoms with Crippen molar-refractivity contribution in [3.05, 3.63) is 40.8 Å². The number of hydrogen-bond acceptors (Lipinski definition) is 2. The molecule has 3 nitrogen and oxygen atoms in total. The van der Waals surface area contributed by atoms with Crippen LogP contribution in [0, 0.1) is 0 Å². The highest BCUT2D eigenvalue weighted by molar-refractivity contribution is 6.45. The van der Waals surface area contributed by atoms with Crippen molar-refractivity contribution in [1.29, 1.82) is 0 Å². The Labute approximate surface area is 113 Å². The first-order valence-electron chi connectivity index (χ1n) is 6.69. The average molecular weight is 251 g/mol. The molecule has 0 fully saturated rings. The van der Waals surface area contributed by atoms with Crippen LogP contribution >= 0.6 is 0 Å². The van der Waals surface area contributed by atoms with Crippen LogP contribution in [-0.2, 0) is 6.42 Å². The van der Waals surface area contributed by atoms with Gasteiger partial charge in [-0.3, -0.25) is 4.57 Å². The molecule has 95 valence electrons. The number of aromatic nitrogens is 2. The van der Waals surface area contributed by atoms with Crippen molar-refractivity contribution in [3.8, 4) is 5.69 Å². The Kier molecular flexibility index (Phi) is 3.26. The Bertz CT molecular complexity index is 701. The van der Waals surface area contributed by atoms with Crippen LogP contribution < -0.4 is 16.2 Å². The van der Waals surface area contributed by atoms with Crippen molar-refractivity contribution in [2.75, 3.05) is 0 Å². The van der Waals surface area contributed by atoms with Crippen molar-refractivity contribution >= 4 is 25.1 Å². The minimum absolute atomic E-state index is 0.811. The predicted molar refractivity (Wildman–Crippen MR) is 78.0 cm³/mol. The molecule has 0 amide bonds. The number of fused-ring (bicyclic) bond motifs is 1. The van der Waals surface area contributed by atoms with Crippen LogP contribution in [0.4, 0.5) is 0 Å². The van der Waals surface area contributed by atoms with Crippen molar-refractivity contribution in [2.24, 2.45) is 0 Å². The van der Waals surface area contributed by atoms with E-state index < -0.39 is 0 Å². The third kappa shape index (κ3) is 2.12. The van der Waals surface area contributed by atoms with Crippen molar-refractivity contribution < 1.29 is 5.02 Å². The summed E-state index contributed by atoms with van der Waals surface area (Å²) in [6, 6.07) is 7.86. The number of rotatable bonds is 3. The van der Waals surface area contributed by atoms with Gasteiger partial charge in [0.25, 0.3) is 0 Å². The van der Waals surface area contributed by atoms with Crippen LogP contribution in [0.1, 0.15) is 25.6 Å². The highest BCUT2D eigenvalue weighted by atomic mass is 16.2. The monoisotopic (exact) mass is 251 g/mol. The molecule has 3 rings (SSSR count). The molecule has 0 unspecified atom stereocenters. The second-order valence-electron chi connectivity index (χ2n) is 4.69. The second kappa shape index (κ2) is 5.06. The summed E-state index contributed by atoms with van der Waals surface area (Å²) >= 11 is 0. The van der Waals surface area contributed by atoms with Crippen LogP contribution in [0.15, 0.2) is 24.3 Å². The summed E-state index contributed by atoms with van der Waals surface area (Å²) in [5, 5.41) is 11.3. The standard InChI is InChI=1S/C15H16BN2O/c1-2-15-17-13-5-3-4-6-14(13)18(15)12-9-7-11(16-19)8-10-12/h5-10,19H,2-4H2,1H3. The molecular weight excluding hydrogens is 235 g/mol. The summed E-state index contributed by atoms with van der Waals surface area (Å²) in [5.74, 6) is 1.08. The summed E-state index contributed by atoms with van der Waals surface area (Å²) in [6.07, 6.45) is 7.52. The average Bonchev–Trinajstić information content (AvgIpc) is 2.86. The molecule has 0 saturated carbocycles. The van der Waals surface area contributed by atoms with E-state index in [9.17, 15) is 0 Å². The lowest BCUT2D eigenvalue weighted by molar-refractivity contribution is 0.615. The van der Waals surface area contributed by atoms with E-state index >= 15 is 0 Å². The van der Waals surface area contributed by atoms with Gasteiger partial charge < -0.3 is 5.02 Å². The molecule has 1 aliphatic rings. The first-order chi connectivity index (χ1) is 9.33.